The molecule has 8 heteroatoms. The van der Waals surface area contributed by atoms with E-state index >= 15 is 0 Å². The van der Waals surface area contributed by atoms with Gasteiger partial charge < -0.3 is 9.84 Å². The van der Waals surface area contributed by atoms with Crippen LogP contribution in [0.3, 0.4) is 0 Å². The highest BCUT2D eigenvalue weighted by atomic mass is 127. The van der Waals surface area contributed by atoms with Crippen LogP contribution in [0.4, 0.5) is 5.69 Å². The molecule has 0 radical (unpaired) electrons. The summed E-state index contributed by atoms with van der Waals surface area (Å²) in [6.45, 7) is 1.63. The van der Waals surface area contributed by atoms with Crippen molar-refractivity contribution >= 4 is 51.7 Å². The lowest BCUT2D eigenvalue weighted by Gasteiger charge is -2.42. The lowest BCUT2D eigenvalue weighted by Crippen LogP contribution is -2.39. The Morgan fingerprint density at radius 3 is 2.45 bits per heavy atom. The standard InChI is InChI=1S/C30H24INO6/c1-14-11-23(34)21-13-20-18(25(27(21)28(14)35)15-3-10-22(33)24(12-15)38-2)8-9-19-26(20)30(37)32(29(19)36)17-6-4-16(31)5-7-17/h3-8,10-12,19-20,25-26,33H,9,13H2,1-2H3/t19-,20+,25-,26-/m0/s1. The minimum absolute atomic E-state index is 0.0395. The number of halogens is 1. The van der Waals surface area contributed by atoms with E-state index in [1.54, 1.807) is 31.2 Å². The predicted octanol–water partition coefficient (Wildman–Crippen LogP) is 4.64. The first-order chi connectivity index (χ1) is 18.2. The van der Waals surface area contributed by atoms with Crippen LogP contribution in [0.2, 0.25) is 0 Å². The van der Waals surface area contributed by atoms with Gasteiger partial charge in [-0.15, -0.1) is 0 Å². The molecule has 7 nitrogen and oxygen atoms in total. The molecule has 2 aromatic carbocycles. The minimum atomic E-state index is -0.632. The maximum Gasteiger partial charge on any atom is 0.238 e. The third-order valence-electron chi connectivity index (χ3n) is 8.19. The number of anilines is 1. The molecule has 0 spiro atoms. The Hall–Kier alpha value is -3.53. The van der Waals surface area contributed by atoms with Gasteiger partial charge >= 0.3 is 0 Å². The number of hydrogen-bond donors (Lipinski definition) is 1. The van der Waals surface area contributed by atoms with Gasteiger partial charge in [0.15, 0.2) is 23.1 Å². The smallest absolute Gasteiger partial charge is 0.238 e. The number of imide groups is 1. The first-order valence-electron chi connectivity index (χ1n) is 12.4. The van der Waals surface area contributed by atoms with Crippen molar-refractivity contribution in [1.82, 2.24) is 0 Å². The summed E-state index contributed by atoms with van der Waals surface area (Å²) in [6, 6.07) is 12.1. The number of Topliss-reactive ketones (excluding diaryl/α,β-unsaturated/α-hetero) is 1. The number of hydrogen-bond acceptors (Lipinski definition) is 6. The molecule has 4 aliphatic rings. The van der Waals surface area contributed by atoms with Crippen molar-refractivity contribution in [3.05, 3.63) is 86.0 Å². The Balaban J connectivity index is 1.49. The van der Waals surface area contributed by atoms with Crippen LogP contribution in [0.25, 0.3) is 0 Å². The van der Waals surface area contributed by atoms with Crippen molar-refractivity contribution in [2.75, 3.05) is 12.0 Å². The largest absolute Gasteiger partial charge is 0.504 e. The summed E-state index contributed by atoms with van der Waals surface area (Å²) < 4.78 is 6.33. The molecule has 192 valence electrons. The van der Waals surface area contributed by atoms with Gasteiger partial charge in [-0.3, -0.25) is 24.1 Å². The van der Waals surface area contributed by atoms with E-state index in [-0.39, 0.29) is 41.3 Å². The summed E-state index contributed by atoms with van der Waals surface area (Å²) in [6.07, 6.45) is 3.94. The second kappa shape index (κ2) is 9.04. The Morgan fingerprint density at radius 1 is 1.00 bits per heavy atom. The third-order valence-corrected chi connectivity index (χ3v) is 8.91. The second-order valence-corrected chi connectivity index (χ2v) is 11.4. The van der Waals surface area contributed by atoms with Crippen molar-refractivity contribution < 1.29 is 29.0 Å². The Labute approximate surface area is 233 Å². The van der Waals surface area contributed by atoms with Gasteiger partial charge in [-0.25, -0.2) is 0 Å². The highest BCUT2D eigenvalue weighted by molar-refractivity contribution is 14.1. The first kappa shape index (κ1) is 24.8. The molecule has 0 aromatic heterocycles. The van der Waals surface area contributed by atoms with Crippen LogP contribution in [0.15, 0.2) is 76.9 Å². The quantitative estimate of drug-likeness (QED) is 0.232. The number of fused-ring (bicyclic) bond motifs is 3. The van der Waals surface area contributed by atoms with Gasteiger partial charge in [-0.2, -0.15) is 0 Å². The highest BCUT2D eigenvalue weighted by Crippen LogP contribution is 2.55. The van der Waals surface area contributed by atoms with E-state index in [0.29, 0.717) is 34.4 Å². The average molecular weight is 621 g/mol. The molecule has 3 aliphatic carbocycles. The Kier molecular flexibility index (Phi) is 5.90. The molecule has 2 amide bonds. The molecule has 0 saturated carbocycles. The molecule has 1 fully saturated rings. The van der Waals surface area contributed by atoms with Gasteiger partial charge in [0.05, 0.1) is 24.6 Å². The van der Waals surface area contributed by atoms with Crippen molar-refractivity contribution in [3.63, 3.8) is 0 Å². The molecular formula is C30H24INO6. The zero-order valence-electron chi connectivity index (χ0n) is 20.7. The number of methoxy groups -OCH3 is 1. The zero-order chi connectivity index (χ0) is 26.9. The fourth-order valence-corrected chi connectivity index (χ4v) is 6.82. The Morgan fingerprint density at radius 2 is 1.74 bits per heavy atom. The summed E-state index contributed by atoms with van der Waals surface area (Å²) in [5, 5.41) is 10.2. The molecule has 1 aliphatic heterocycles. The third kappa shape index (κ3) is 3.60. The number of ketones is 2. The van der Waals surface area contributed by atoms with Crippen LogP contribution in [0.5, 0.6) is 11.5 Å². The molecule has 4 atom stereocenters. The number of aromatic hydroxyl groups is 1. The van der Waals surface area contributed by atoms with Crippen LogP contribution in [0.1, 0.15) is 31.2 Å². The molecule has 0 unspecified atom stereocenters. The molecule has 1 saturated heterocycles. The number of phenolic OH excluding ortho intramolecular Hbond substituents is 1. The number of benzene rings is 2. The van der Waals surface area contributed by atoms with Gasteiger partial charge in [0.25, 0.3) is 0 Å². The molecule has 6 rings (SSSR count). The summed E-state index contributed by atoms with van der Waals surface area (Å²) in [5.41, 5.74) is 3.26. The highest BCUT2D eigenvalue weighted by Gasteiger charge is 2.56. The van der Waals surface area contributed by atoms with E-state index in [0.717, 1.165) is 9.14 Å². The van der Waals surface area contributed by atoms with Crippen LogP contribution < -0.4 is 9.64 Å². The molecule has 0 bridgehead atoms. The van der Waals surface area contributed by atoms with Gasteiger partial charge in [-0.1, -0.05) is 17.7 Å². The molecule has 1 N–H and O–H groups in total. The molecule has 2 aromatic rings. The van der Waals surface area contributed by atoms with E-state index < -0.39 is 23.7 Å². The van der Waals surface area contributed by atoms with E-state index in [4.69, 9.17) is 4.74 Å². The fraction of sp³-hybridized carbons (Fsp3) is 0.267. The zero-order valence-corrected chi connectivity index (χ0v) is 22.9. The van der Waals surface area contributed by atoms with Crippen molar-refractivity contribution in [1.29, 1.82) is 0 Å². The fourth-order valence-electron chi connectivity index (χ4n) is 6.46. The normalized spacial score (nSPS) is 26.6. The number of allylic oxidation sites excluding steroid dienone is 6. The minimum Gasteiger partial charge on any atom is -0.504 e. The number of rotatable bonds is 3. The van der Waals surface area contributed by atoms with Gasteiger partial charge in [-0.05, 0) is 96.3 Å². The molecular weight excluding hydrogens is 597 g/mol. The van der Waals surface area contributed by atoms with Crippen molar-refractivity contribution in [2.24, 2.45) is 17.8 Å². The average Bonchev–Trinajstić information content (AvgIpc) is 3.17. The number of phenols is 1. The number of ether oxygens (including phenoxy) is 1. The number of nitrogens with zero attached hydrogens (tertiary/aromatic N) is 1. The Bertz CT molecular complexity index is 1530. The van der Waals surface area contributed by atoms with E-state index in [9.17, 15) is 24.3 Å². The number of amides is 2. The van der Waals surface area contributed by atoms with Crippen molar-refractivity contribution in [3.8, 4) is 11.5 Å². The lowest BCUT2D eigenvalue weighted by molar-refractivity contribution is -0.123. The second-order valence-electron chi connectivity index (χ2n) is 10.1. The number of carbonyl (C=O) groups excluding carboxylic acids is 4. The topological polar surface area (TPSA) is 101 Å². The maximum absolute atomic E-state index is 13.9. The van der Waals surface area contributed by atoms with Crippen LogP contribution in [0, 0.1) is 21.3 Å². The monoisotopic (exact) mass is 621 g/mol. The van der Waals surface area contributed by atoms with Gasteiger partial charge in [0.1, 0.15) is 0 Å². The van der Waals surface area contributed by atoms with E-state index in [2.05, 4.69) is 22.6 Å². The SMILES string of the molecule is COc1cc([C@H]2C3=CC[C@@H]4C(=O)N(c5ccc(I)cc5)C(=O)[C@@H]4[C@@H]3CC3=C2C(=O)C(C)=CC3=O)ccc1O. The summed E-state index contributed by atoms with van der Waals surface area (Å²) in [7, 11) is 1.45. The van der Waals surface area contributed by atoms with E-state index in [1.165, 1.54) is 24.2 Å². The van der Waals surface area contributed by atoms with Gasteiger partial charge in [0, 0.05) is 26.2 Å². The van der Waals surface area contributed by atoms with Crippen LogP contribution in [-0.4, -0.2) is 35.6 Å². The summed E-state index contributed by atoms with van der Waals surface area (Å²) >= 11 is 2.17. The lowest BCUT2D eigenvalue weighted by atomic mass is 9.59. The molecule has 1 heterocycles. The molecule has 38 heavy (non-hydrogen) atoms. The predicted molar refractivity (Wildman–Crippen MR) is 148 cm³/mol. The van der Waals surface area contributed by atoms with Crippen molar-refractivity contribution in [2.45, 2.75) is 25.7 Å². The first-order valence-corrected chi connectivity index (χ1v) is 13.5. The van der Waals surface area contributed by atoms with Gasteiger partial charge in [0.2, 0.25) is 11.8 Å². The van der Waals surface area contributed by atoms with Crippen LogP contribution in [-0.2, 0) is 19.2 Å². The summed E-state index contributed by atoms with van der Waals surface area (Å²) in [4.78, 5) is 55.4. The summed E-state index contributed by atoms with van der Waals surface area (Å²) in [5.74, 6) is -2.90. The maximum atomic E-state index is 13.9. The van der Waals surface area contributed by atoms with Crippen LogP contribution >= 0.6 is 22.6 Å². The number of carbonyl (C=O) groups is 4. The van der Waals surface area contributed by atoms with E-state index in [1.807, 2.05) is 18.2 Å².